The van der Waals surface area contributed by atoms with Crippen LogP contribution >= 0.6 is 24.0 Å². The molecule has 13 heteroatoms. The molecular weight excluding hydrogens is 565 g/mol. The topological polar surface area (TPSA) is 104 Å². The van der Waals surface area contributed by atoms with E-state index in [1.807, 2.05) is 36.4 Å². The summed E-state index contributed by atoms with van der Waals surface area (Å²) in [6, 6.07) is 15.3. The Morgan fingerprint density at radius 3 is 2.48 bits per heavy atom. The fourth-order valence-corrected chi connectivity index (χ4v) is 5.74. The molecule has 1 aliphatic rings. The normalized spacial score (nSPS) is 14.1. The molecule has 1 unspecified atom stereocenters. The van der Waals surface area contributed by atoms with Gasteiger partial charge in [-0.1, -0.05) is 24.3 Å². The van der Waals surface area contributed by atoms with Gasteiger partial charge in [-0.25, -0.2) is 9.78 Å². The second-order valence-electron chi connectivity index (χ2n) is 9.21. The van der Waals surface area contributed by atoms with Crippen LogP contribution in [0.1, 0.15) is 34.7 Å². The molecule has 2 heterocycles. The number of rotatable bonds is 8. The molecule has 0 bridgehead atoms. The summed E-state index contributed by atoms with van der Waals surface area (Å²) < 4.78 is 42.8. The molecule has 3 aromatic carbocycles. The van der Waals surface area contributed by atoms with E-state index in [9.17, 15) is 22.8 Å². The summed E-state index contributed by atoms with van der Waals surface area (Å²) in [5.74, 6) is -1.24. The summed E-state index contributed by atoms with van der Waals surface area (Å²) in [6.07, 6.45) is -4.76. The number of carboxylic acid groups (broad SMARTS) is 1. The van der Waals surface area contributed by atoms with Crippen molar-refractivity contribution in [2.75, 3.05) is 11.9 Å². The van der Waals surface area contributed by atoms with Gasteiger partial charge in [0.2, 0.25) is 0 Å². The number of amides is 2. The summed E-state index contributed by atoms with van der Waals surface area (Å²) in [4.78, 5) is 30.5. The van der Waals surface area contributed by atoms with Crippen LogP contribution in [0, 0.1) is 0 Å². The number of anilines is 1. The molecule has 2 amide bonds. The number of hydrogen-bond acceptors (Lipinski definition) is 7. The lowest BCUT2D eigenvalue weighted by molar-refractivity contribution is -0.274. The summed E-state index contributed by atoms with van der Waals surface area (Å²) in [6.45, 7) is 1.68. The number of nitrogens with zero attached hydrogens (tertiary/aromatic N) is 2. The number of alkyl halides is 3. The lowest BCUT2D eigenvalue weighted by atomic mass is 9.95. The van der Waals surface area contributed by atoms with Crippen LogP contribution in [0.25, 0.3) is 10.2 Å². The molecule has 40 heavy (non-hydrogen) atoms. The standard InChI is InChI=1S/C27H23F3N4O4S2/c28-27(29,30)38-20-6-4-19(5-7-20)31-25(37)33-24(16-3-8-21-22(12-16)40-26(39)32-21)15-1-2-17-13-34(10-9-23(35)36)14-18(17)11-15/h1-8,11-12,24H,9-10,13-14H2,(H,32,39)(H,35,36)(H2,31,33,37). The first-order valence-electron chi connectivity index (χ1n) is 12.1. The quantitative estimate of drug-likeness (QED) is 0.183. The number of hydrogen-bond donors (Lipinski definition) is 4. The highest BCUT2D eigenvalue weighted by Gasteiger charge is 2.31. The zero-order valence-electron chi connectivity index (χ0n) is 20.7. The van der Waals surface area contributed by atoms with Crippen LogP contribution in [0.4, 0.5) is 23.7 Å². The van der Waals surface area contributed by atoms with Crippen molar-refractivity contribution in [3.05, 3.63) is 82.9 Å². The van der Waals surface area contributed by atoms with Crippen molar-refractivity contribution < 1.29 is 32.6 Å². The lowest BCUT2D eigenvalue weighted by Crippen LogP contribution is -2.33. The molecule has 0 spiro atoms. The SMILES string of the molecule is O=C(O)CCN1Cc2ccc(C(NC(=O)Nc3ccc(OC(F)(F)F)cc3)c3ccc4nc(S)sc4c3)cc2C1. The Bertz CT molecular complexity index is 1560. The summed E-state index contributed by atoms with van der Waals surface area (Å²) in [5, 5.41) is 14.7. The fraction of sp³-hybridized carbons (Fsp3) is 0.222. The number of halogens is 3. The highest BCUT2D eigenvalue weighted by Crippen LogP contribution is 2.33. The van der Waals surface area contributed by atoms with Crippen molar-refractivity contribution in [3.63, 3.8) is 0 Å². The van der Waals surface area contributed by atoms with Gasteiger partial charge in [0, 0.05) is 25.3 Å². The third-order valence-electron chi connectivity index (χ3n) is 6.35. The summed E-state index contributed by atoms with van der Waals surface area (Å²) in [7, 11) is 0. The van der Waals surface area contributed by atoms with Crippen LogP contribution in [-0.4, -0.2) is 39.9 Å². The number of ether oxygens (including phenoxy) is 1. The minimum atomic E-state index is -4.81. The smallest absolute Gasteiger partial charge is 0.481 e. The van der Waals surface area contributed by atoms with E-state index in [-0.39, 0.29) is 12.1 Å². The van der Waals surface area contributed by atoms with Crippen LogP contribution in [-0.2, 0) is 17.9 Å². The molecule has 0 radical (unpaired) electrons. The average molecular weight is 589 g/mol. The number of thiol groups is 1. The van der Waals surface area contributed by atoms with Gasteiger partial charge in [0.05, 0.1) is 22.7 Å². The molecule has 0 saturated heterocycles. The maximum absolute atomic E-state index is 13.1. The van der Waals surface area contributed by atoms with Crippen molar-refractivity contribution in [3.8, 4) is 5.75 Å². The minimum Gasteiger partial charge on any atom is -0.481 e. The first-order valence-corrected chi connectivity index (χ1v) is 13.4. The number of nitrogens with one attached hydrogen (secondary N) is 2. The number of aromatic nitrogens is 1. The van der Waals surface area contributed by atoms with E-state index in [0.29, 0.717) is 24.0 Å². The number of thiazole rings is 1. The molecule has 8 nitrogen and oxygen atoms in total. The van der Waals surface area contributed by atoms with Gasteiger partial charge >= 0.3 is 18.4 Å². The Morgan fingerprint density at radius 1 is 1.05 bits per heavy atom. The van der Waals surface area contributed by atoms with E-state index in [2.05, 4.69) is 37.9 Å². The fourth-order valence-electron chi connectivity index (χ4n) is 4.58. The monoisotopic (exact) mass is 588 g/mol. The number of carbonyl (C=O) groups is 2. The Kier molecular flexibility index (Phi) is 7.88. The van der Waals surface area contributed by atoms with Gasteiger partial charge in [0.1, 0.15) is 10.1 Å². The molecule has 208 valence electrons. The molecule has 0 aliphatic carbocycles. The molecule has 1 aliphatic heterocycles. The zero-order chi connectivity index (χ0) is 28.4. The highest BCUT2D eigenvalue weighted by molar-refractivity contribution is 7.82. The molecule has 5 rings (SSSR count). The Hall–Kier alpha value is -3.81. The Balaban J connectivity index is 1.38. The number of aliphatic carboxylic acids is 1. The first kappa shape index (κ1) is 27.7. The van der Waals surface area contributed by atoms with Crippen LogP contribution in [0.15, 0.2) is 65.0 Å². The van der Waals surface area contributed by atoms with Gasteiger partial charge < -0.3 is 20.5 Å². The minimum absolute atomic E-state index is 0.0521. The van der Waals surface area contributed by atoms with Gasteiger partial charge in [-0.2, -0.15) is 0 Å². The largest absolute Gasteiger partial charge is 0.573 e. The molecule has 4 aromatic rings. The molecule has 3 N–H and O–H groups in total. The highest BCUT2D eigenvalue weighted by atomic mass is 32.2. The Morgan fingerprint density at radius 2 is 1.75 bits per heavy atom. The van der Waals surface area contributed by atoms with Gasteiger partial charge in [-0.15, -0.1) is 37.1 Å². The van der Waals surface area contributed by atoms with E-state index in [0.717, 1.165) is 44.6 Å². The van der Waals surface area contributed by atoms with E-state index < -0.39 is 30.2 Å². The predicted octanol–water partition coefficient (Wildman–Crippen LogP) is 6.19. The number of benzene rings is 3. The maximum Gasteiger partial charge on any atom is 0.573 e. The number of carboxylic acids is 1. The lowest BCUT2D eigenvalue weighted by Gasteiger charge is -2.21. The van der Waals surface area contributed by atoms with Crippen molar-refractivity contribution in [2.24, 2.45) is 0 Å². The molecule has 1 aromatic heterocycles. The Labute approximate surface area is 236 Å². The van der Waals surface area contributed by atoms with E-state index in [1.165, 1.54) is 23.5 Å². The van der Waals surface area contributed by atoms with Gasteiger partial charge in [0.25, 0.3) is 0 Å². The predicted molar refractivity (Wildman–Crippen MR) is 147 cm³/mol. The summed E-state index contributed by atoms with van der Waals surface area (Å²) in [5.41, 5.74) is 4.83. The van der Waals surface area contributed by atoms with Crippen molar-refractivity contribution >= 4 is 51.9 Å². The van der Waals surface area contributed by atoms with Crippen molar-refractivity contribution in [1.29, 1.82) is 0 Å². The van der Waals surface area contributed by atoms with E-state index >= 15 is 0 Å². The average Bonchev–Trinajstić information content (AvgIpc) is 3.47. The van der Waals surface area contributed by atoms with Gasteiger partial charge in [-0.05, 0) is 58.7 Å². The second-order valence-corrected chi connectivity index (χ2v) is 11.0. The molecule has 0 saturated carbocycles. The third kappa shape index (κ3) is 6.84. The molecular formula is C27H23F3N4O4S2. The summed E-state index contributed by atoms with van der Waals surface area (Å²) >= 11 is 5.75. The van der Waals surface area contributed by atoms with Crippen LogP contribution < -0.4 is 15.4 Å². The van der Waals surface area contributed by atoms with Crippen molar-refractivity contribution in [2.45, 2.75) is 36.3 Å². The first-order chi connectivity index (χ1) is 19.0. The molecule has 1 atom stereocenters. The van der Waals surface area contributed by atoms with Crippen LogP contribution in [0.2, 0.25) is 0 Å². The number of fused-ring (bicyclic) bond motifs is 2. The third-order valence-corrected chi connectivity index (χ3v) is 7.54. The number of urea groups is 1. The van der Waals surface area contributed by atoms with Crippen LogP contribution in [0.5, 0.6) is 5.75 Å². The number of carbonyl (C=O) groups excluding carboxylic acids is 1. The van der Waals surface area contributed by atoms with E-state index in [4.69, 9.17) is 5.11 Å². The maximum atomic E-state index is 13.1. The second kappa shape index (κ2) is 11.4. The van der Waals surface area contributed by atoms with E-state index in [1.54, 1.807) is 0 Å². The molecule has 0 fully saturated rings. The van der Waals surface area contributed by atoms with Crippen LogP contribution in [0.3, 0.4) is 0 Å². The van der Waals surface area contributed by atoms with Gasteiger partial charge in [0.15, 0.2) is 0 Å². The van der Waals surface area contributed by atoms with Crippen molar-refractivity contribution in [1.82, 2.24) is 15.2 Å². The zero-order valence-corrected chi connectivity index (χ0v) is 22.4. The van der Waals surface area contributed by atoms with Gasteiger partial charge in [-0.3, -0.25) is 9.69 Å².